The first kappa shape index (κ1) is 16.6. The van der Waals surface area contributed by atoms with Crippen LogP contribution >= 0.6 is 0 Å². The molecule has 1 aromatic carbocycles. The Morgan fingerprint density at radius 1 is 1.30 bits per heavy atom. The number of ether oxygens (including phenoxy) is 1. The fourth-order valence-corrected chi connectivity index (χ4v) is 1.77. The Hall–Kier alpha value is -2.76. The van der Waals surface area contributed by atoms with Crippen LogP contribution in [0.15, 0.2) is 53.7 Å². The Balaban J connectivity index is 2.10. The van der Waals surface area contributed by atoms with Crippen LogP contribution in [0, 0.1) is 5.82 Å². The number of amidine groups is 1. The van der Waals surface area contributed by atoms with E-state index in [9.17, 15) is 9.18 Å². The van der Waals surface area contributed by atoms with E-state index in [2.05, 4.69) is 15.3 Å². The zero-order valence-electron chi connectivity index (χ0n) is 13.0. The number of nitrogens with zero attached hydrogens (tertiary/aromatic N) is 2. The second kappa shape index (κ2) is 8.03. The highest BCUT2D eigenvalue weighted by Gasteiger charge is 2.12. The summed E-state index contributed by atoms with van der Waals surface area (Å²) in [6.45, 7) is 3.92. The molecule has 6 heteroatoms. The highest BCUT2D eigenvalue weighted by molar-refractivity contribution is 6.04. The number of amides is 1. The lowest BCUT2D eigenvalue weighted by molar-refractivity contribution is 0.0959. The van der Waals surface area contributed by atoms with E-state index in [0.717, 1.165) is 11.8 Å². The molecule has 2 aromatic rings. The summed E-state index contributed by atoms with van der Waals surface area (Å²) in [5.41, 5.74) is 0.945. The van der Waals surface area contributed by atoms with Crippen molar-refractivity contribution < 1.29 is 13.9 Å². The molecule has 1 amide bonds. The van der Waals surface area contributed by atoms with Gasteiger partial charge >= 0.3 is 0 Å². The van der Waals surface area contributed by atoms with Crippen molar-refractivity contribution in [1.29, 1.82) is 0 Å². The summed E-state index contributed by atoms with van der Waals surface area (Å²) in [7, 11) is 0. The van der Waals surface area contributed by atoms with Gasteiger partial charge in [-0.05, 0) is 44.2 Å². The van der Waals surface area contributed by atoms with Crippen LogP contribution in [-0.4, -0.2) is 23.0 Å². The third kappa shape index (κ3) is 5.50. The number of carbonyl (C=O) groups is 1. The van der Waals surface area contributed by atoms with Crippen LogP contribution in [-0.2, 0) is 11.3 Å². The number of aromatic nitrogens is 1. The fourth-order valence-electron chi connectivity index (χ4n) is 1.77. The van der Waals surface area contributed by atoms with Crippen molar-refractivity contribution >= 4 is 11.9 Å². The van der Waals surface area contributed by atoms with Crippen molar-refractivity contribution in [3.05, 3.63) is 65.7 Å². The molecule has 1 heterocycles. The van der Waals surface area contributed by atoms with Crippen molar-refractivity contribution in [3.8, 4) is 0 Å². The van der Waals surface area contributed by atoms with Gasteiger partial charge in [0.05, 0.1) is 18.3 Å². The number of hydrogen-bond acceptors (Lipinski definition) is 4. The minimum atomic E-state index is -0.482. The first-order chi connectivity index (χ1) is 11.0. The van der Waals surface area contributed by atoms with Crippen molar-refractivity contribution in [3.63, 3.8) is 0 Å². The van der Waals surface area contributed by atoms with Gasteiger partial charge in [0.1, 0.15) is 5.82 Å². The lowest BCUT2D eigenvalue weighted by Gasteiger charge is -2.13. The minimum Gasteiger partial charge on any atom is -0.462 e. The first-order valence-electron chi connectivity index (χ1n) is 7.22. The molecule has 0 aliphatic rings. The fraction of sp³-hybridized carbons (Fsp3) is 0.235. The average molecular weight is 315 g/mol. The van der Waals surface area contributed by atoms with Crippen molar-refractivity contribution in [2.75, 3.05) is 0 Å². The van der Waals surface area contributed by atoms with E-state index in [1.54, 1.807) is 6.20 Å². The number of pyridine rings is 1. The molecule has 0 unspecified atom stereocenters. The molecule has 1 N–H and O–H groups in total. The lowest BCUT2D eigenvalue weighted by atomic mass is 10.2. The Kier molecular flexibility index (Phi) is 5.80. The standard InChI is InChI=1S/C17H18FN3O2/c1-12(2)23-17(20-11-15-8-3-4-9-19-15)21-16(22)13-6-5-7-14(18)10-13/h3-10,12H,11H2,1-2H3,(H,20,21,22). The molecular weight excluding hydrogens is 297 g/mol. The smallest absolute Gasteiger partial charge is 0.292 e. The molecule has 0 bridgehead atoms. The second-order valence-corrected chi connectivity index (χ2v) is 5.07. The van der Waals surface area contributed by atoms with Gasteiger partial charge in [-0.15, -0.1) is 0 Å². The van der Waals surface area contributed by atoms with Crippen LogP contribution in [0.1, 0.15) is 29.9 Å². The third-order valence-corrected chi connectivity index (χ3v) is 2.77. The molecular formula is C17H18FN3O2. The SMILES string of the molecule is CC(C)OC(=NCc1ccccn1)NC(=O)c1cccc(F)c1. The maximum Gasteiger partial charge on any atom is 0.292 e. The van der Waals surface area contributed by atoms with Gasteiger partial charge in [0.2, 0.25) is 0 Å². The summed E-state index contributed by atoms with van der Waals surface area (Å²) in [5, 5.41) is 2.56. The molecule has 23 heavy (non-hydrogen) atoms. The van der Waals surface area contributed by atoms with Gasteiger partial charge in [0.25, 0.3) is 11.9 Å². The number of hydrogen-bond donors (Lipinski definition) is 1. The molecule has 0 spiro atoms. The summed E-state index contributed by atoms with van der Waals surface area (Å²) < 4.78 is 18.7. The van der Waals surface area contributed by atoms with Crippen LogP contribution in [0.5, 0.6) is 0 Å². The third-order valence-electron chi connectivity index (χ3n) is 2.77. The normalized spacial score (nSPS) is 11.4. The van der Waals surface area contributed by atoms with E-state index in [4.69, 9.17) is 4.74 Å². The number of nitrogens with one attached hydrogen (secondary N) is 1. The van der Waals surface area contributed by atoms with Gasteiger partial charge in [0.15, 0.2) is 0 Å². The molecule has 0 atom stereocenters. The van der Waals surface area contributed by atoms with Gasteiger partial charge in [-0.3, -0.25) is 15.1 Å². The molecule has 1 aromatic heterocycles. The predicted octanol–water partition coefficient (Wildman–Crippen LogP) is 2.93. The quantitative estimate of drug-likeness (QED) is 0.697. The highest BCUT2D eigenvalue weighted by Crippen LogP contribution is 2.04. The topological polar surface area (TPSA) is 63.6 Å². The van der Waals surface area contributed by atoms with Crippen LogP contribution in [0.3, 0.4) is 0 Å². The summed E-state index contributed by atoms with van der Waals surface area (Å²) in [5.74, 6) is -0.959. The minimum absolute atomic E-state index is 0.0833. The zero-order chi connectivity index (χ0) is 16.7. The van der Waals surface area contributed by atoms with Crippen LogP contribution < -0.4 is 5.32 Å². The Labute approximate surface area is 134 Å². The van der Waals surface area contributed by atoms with Crippen molar-refractivity contribution in [2.45, 2.75) is 26.5 Å². The molecule has 120 valence electrons. The van der Waals surface area contributed by atoms with Gasteiger partial charge in [-0.1, -0.05) is 12.1 Å². The molecule has 0 aliphatic heterocycles. The van der Waals surface area contributed by atoms with Gasteiger partial charge < -0.3 is 4.74 Å². The van der Waals surface area contributed by atoms with Gasteiger partial charge in [-0.25, -0.2) is 9.38 Å². The summed E-state index contributed by atoms with van der Waals surface area (Å²) in [4.78, 5) is 20.5. The van der Waals surface area contributed by atoms with Gasteiger partial charge in [-0.2, -0.15) is 0 Å². The van der Waals surface area contributed by atoms with Crippen molar-refractivity contribution in [2.24, 2.45) is 4.99 Å². The number of aliphatic imine (C=N–C) groups is 1. The number of carbonyl (C=O) groups excluding carboxylic acids is 1. The monoisotopic (exact) mass is 315 g/mol. The van der Waals surface area contributed by atoms with Crippen molar-refractivity contribution in [1.82, 2.24) is 10.3 Å². The number of rotatable bonds is 4. The molecule has 0 saturated carbocycles. The van der Waals surface area contributed by atoms with E-state index in [-0.39, 0.29) is 24.2 Å². The summed E-state index contributed by atoms with van der Waals surface area (Å²) in [6, 6.07) is 11.0. The first-order valence-corrected chi connectivity index (χ1v) is 7.22. The maximum absolute atomic E-state index is 13.2. The van der Waals surface area contributed by atoms with E-state index in [0.29, 0.717) is 0 Å². The van der Waals surface area contributed by atoms with Crippen LogP contribution in [0.2, 0.25) is 0 Å². The molecule has 2 rings (SSSR count). The van der Waals surface area contributed by atoms with Crippen LogP contribution in [0.25, 0.3) is 0 Å². The van der Waals surface area contributed by atoms with E-state index < -0.39 is 11.7 Å². The van der Waals surface area contributed by atoms with Crippen LogP contribution in [0.4, 0.5) is 4.39 Å². The highest BCUT2D eigenvalue weighted by atomic mass is 19.1. The van der Waals surface area contributed by atoms with E-state index in [1.165, 1.54) is 18.2 Å². The molecule has 0 saturated heterocycles. The summed E-state index contributed by atoms with van der Waals surface area (Å²) >= 11 is 0. The Morgan fingerprint density at radius 2 is 2.13 bits per heavy atom. The molecule has 5 nitrogen and oxygen atoms in total. The Bertz CT molecular complexity index is 687. The predicted molar refractivity (Wildman–Crippen MR) is 85.5 cm³/mol. The molecule has 0 aliphatic carbocycles. The van der Waals surface area contributed by atoms with E-state index >= 15 is 0 Å². The average Bonchev–Trinajstić information content (AvgIpc) is 2.53. The number of benzene rings is 1. The Morgan fingerprint density at radius 3 is 2.78 bits per heavy atom. The van der Waals surface area contributed by atoms with Gasteiger partial charge in [0, 0.05) is 11.8 Å². The second-order valence-electron chi connectivity index (χ2n) is 5.07. The number of halogens is 1. The molecule has 0 fully saturated rings. The zero-order valence-corrected chi connectivity index (χ0v) is 13.0. The largest absolute Gasteiger partial charge is 0.462 e. The summed E-state index contributed by atoms with van der Waals surface area (Å²) in [6.07, 6.45) is 1.50. The lowest BCUT2D eigenvalue weighted by Crippen LogP contribution is -2.34. The molecule has 0 radical (unpaired) electrons. The maximum atomic E-state index is 13.2. The van der Waals surface area contributed by atoms with E-state index in [1.807, 2.05) is 32.0 Å².